The molecule has 0 aliphatic carbocycles. The Morgan fingerprint density at radius 1 is 1.36 bits per heavy atom. The van der Waals surface area contributed by atoms with E-state index in [1.54, 1.807) is 17.8 Å². The molecule has 22 heavy (non-hydrogen) atoms. The van der Waals surface area contributed by atoms with Crippen molar-refractivity contribution < 1.29 is 19.1 Å². The van der Waals surface area contributed by atoms with E-state index in [2.05, 4.69) is 10.1 Å². The fourth-order valence-corrected chi connectivity index (χ4v) is 2.55. The summed E-state index contributed by atoms with van der Waals surface area (Å²) in [6, 6.07) is 6.84. The summed E-state index contributed by atoms with van der Waals surface area (Å²) in [5.74, 6) is 0.963. The lowest BCUT2D eigenvalue weighted by Crippen LogP contribution is -2.39. The predicted octanol–water partition coefficient (Wildman–Crippen LogP) is 1.40. The highest BCUT2D eigenvalue weighted by Gasteiger charge is 2.13. The minimum absolute atomic E-state index is 0.176. The van der Waals surface area contributed by atoms with Crippen molar-refractivity contribution in [3.8, 4) is 0 Å². The largest absolute Gasteiger partial charge is 0.469 e. The highest BCUT2D eigenvalue weighted by Crippen LogP contribution is 2.17. The summed E-state index contributed by atoms with van der Waals surface area (Å²) in [5, 5.41) is 2.76. The Bertz CT molecular complexity index is 496. The molecule has 0 aliphatic heterocycles. The molecule has 0 saturated heterocycles. The second kappa shape index (κ2) is 10.2. The molecule has 122 valence electrons. The third kappa shape index (κ3) is 6.93. The van der Waals surface area contributed by atoms with E-state index in [4.69, 9.17) is 10.5 Å². The van der Waals surface area contributed by atoms with Gasteiger partial charge in [0, 0.05) is 24.3 Å². The normalized spacial score (nSPS) is 11.8. The summed E-state index contributed by atoms with van der Waals surface area (Å²) in [6.45, 7) is 0.176. The summed E-state index contributed by atoms with van der Waals surface area (Å²) < 4.78 is 9.44. The molecule has 3 N–H and O–H groups in total. The van der Waals surface area contributed by atoms with Crippen molar-refractivity contribution in [1.82, 2.24) is 0 Å². The van der Waals surface area contributed by atoms with Crippen LogP contribution in [0.1, 0.15) is 12.0 Å². The zero-order valence-corrected chi connectivity index (χ0v) is 13.7. The van der Waals surface area contributed by atoms with Gasteiger partial charge in [0.25, 0.3) is 0 Å². The van der Waals surface area contributed by atoms with Gasteiger partial charge in [-0.3, -0.25) is 9.59 Å². The van der Waals surface area contributed by atoms with E-state index in [0.29, 0.717) is 17.9 Å². The van der Waals surface area contributed by atoms with E-state index in [1.165, 1.54) is 14.2 Å². The number of rotatable bonds is 9. The number of thioether (sulfide) groups is 1. The molecule has 0 bridgehead atoms. The Morgan fingerprint density at radius 2 is 2.14 bits per heavy atom. The molecule has 1 unspecified atom stereocenters. The molecule has 1 aromatic carbocycles. The van der Waals surface area contributed by atoms with Gasteiger partial charge in [-0.1, -0.05) is 12.1 Å². The number of hydrogen-bond donors (Lipinski definition) is 2. The van der Waals surface area contributed by atoms with Gasteiger partial charge in [-0.15, -0.1) is 0 Å². The fraction of sp³-hybridized carbons (Fsp3) is 0.467. The summed E-state index contributed by atoms with van der Waals surface area (Å²) in [7, 11) is 2.88. The van der Waals surface area contributed by atoms with Crippen molar-refractivity contribution in [2.24, 2.45) is 5.73 Å². The van der Waals surface area contributed by atoms with Gasteiger partial charge in [0.1, 0.15) is 6.04 Å². The van der Waals surface area contributed by atoms with Crippen molar-refractivity contribution in [2.75, 3.05) is 31.9 Å². The van der Waals surface area contributed by atoms with Crippen LogP contribution in [0.25, 0.3) is 0 Å². The third-order valence-corrected chi connectivity index (χ3v) is 3.85. The average Bonchev–Trinajstić information content (AvgIpc) is 2.51. The van der Waals surface area contributed by atoms with Crippen LogP contribution >= 0.6 is 11.8 Å². The number of hydrogen-bond acceptors (Lipinski definition) is 6. The van der Waals surface area contributed by atoms with Gasteiger partial charge in [0.2, 0.25) is 5.91 Å². The zero-order chi connectivity index (χ0) is 16.4. The maximum atomic E-state index is 11.8. The maximum Gasteiger partial charge on any atom is 0.306 e. The lowest BCUT2D eigenvalue weighted by Gasteiger charge is -2.12. The second-order valence-corrected chi connectivity index (χ2v) is 5.74. The van der Waals surface area contributed by atoms with Crippen LogP contribution in [0.2, 0.25) is 0 Å². The summed E-state index contributed by atoms with van der Waals surface area (Å²) in [5.41, 5.74) is 7.43. The number of benzene rings is 1. The van der Waals surface area contributed by atoms with Gasteiger partial charge in [0.05, 0.1) is 20.1 Å². The van der Waals surface area contributed by atoms with Crippen molar-refractivity contribution in [3.05, 3.63) is 29.8 Å². The van der Waals surface area contributed by atoms with Gasteiger partial charge < -0.3 is 20.5 Å². The number of nitrogens with one attached hydrogen (secondary N) is 1. The second-order valence-electron chi connectivity index (χ2n) is 4.63. The molecular weight excluding hydrogens is 304 g/mol. The smallest absolute Gasteiger partial charge is 0.306 e. The number of anilines is 1. The monoisotopic (exact) mass is 326 g/mol. The quantitative estimate of drug-likeness (QED) is 0.526. The number of carbonyl (C=O) groups excluding carboxylic acids is 2. The minimum Gasteiger partial charge on any atom is -0.469 e. The van der Waals surface area contributed by atoms with Gasteiger partial charge in [-0.25, -0.2) is 0 Å². The molecule has 1 atom stereocenters. The average molecular weight is 326 g/mol. The van der Waals surface area contributed by atoms with Crippen LogP contribution in [0.15, 0.2) is 24.3 Å². The van der Waals surface area contributed by atoms with Gasteiger partial charge in [-0.05, 0) is 17.7 Å². The molecule has 1 aromatic rings. The molecule has 0 aromatic heterocycles. The highest BCUT2D eigenvalue weighted by molar-refractivity contribution is 7.98. The van der Waals surface area contributed by atoms with E-state index in [0.717, 1.165) is 11.3 Å². The van der Waals surface area contributed by atoms with Crippen LogP contribution in [0.4, 0.5) is 5.69 Å². The number of ether oxygens (including phenoxy) is 2. The standard InChI is InChI=1S/C15H22N2O4S/c1-20-9-13(16)15(19)17-12-5-3-4-11(8-12)10-22-7-6-14(18)21-2/h3-5,8,13H,6-7,9-10,16H2,1-2H3,(H,17,19). The van der Waals surface area contributed by atoms with E-state index in [9.17, 15) is 9.59 Å². The van der Waals surface area contributed by atoms with E-state index >= 15 is 0 Å². The van der Waals surface area contributed by atoms with Gasteiger partial charge >= 0.3 is 5.97 Å². The van der Waals surface area contributed by atoms with Crippen LogP contribution in [0.5, 0.6) is 0 Å². The topological polar surface area (TPSA) is 90.6 Å². The van der Waals surface area contributed by atoms with Gasteiger partial charge in [0.15, 0.2) is 0 Å². The van der Waals surface area contributed by atoms with Gasteiger partial charge in [-0.2, -0.15) is 11.8 Å². The lowest BCUT2D eigenvalue weighted by molar-refractivity contribution is -0.140. The Hall–Kier alpha value is -1.57. The third-order valence-electron chi connectivity index (χ3n) is 2.82. The Morgan fingerprint density at radius 3 is 2.82 bits per heavy atom. The van der Waals surface area contributed by atoms with Crippen LogP contribution in [-0.4, -0.2) is 44.5 Å². The Balaban J connectivity index is 2.45. The number of amides is 1. The van der Waals surface area contributed by atoms with Crippen molar-refractivity contribution in [1.29, 1.82) is 0 Å². The van der Waals surface area contributed by atoms with Crippen LogP contribution < -0.4 is 11.1 Å². The molecule has 7 heteroatoms. The molecule has 0 aliphatic rings. The fourth-order valence-electron chi connectivity index (χ4n) is 1.68. The van der Waals surface area contributed by atoms with Crippen LogP contribution in [-0.2, 0) is 24.8 Å². The maximum absolute atomic E-state index is 11.8. The van der Waals surface area contributed by atoms with Crippen molar-refractivity contribution in [2.45, 2.75) is 18.2 Å². The molecule has 1 rings (SSSR count). The van der Waals surface area contributed by atoms with Crippen molar-refractivity contribution >= 4 is 29.3 Å². The van der Waals surface area contributed by atoms with Crippen LogP contribution in [0.3, 0.4) is 0 Å². The van der Waals surface area contributed by atoms with Crippen molar-refractivity contribution in [3.63, 3.8) is 0 Å². The van der Waals surface area contributed by atoms with Crippen LogP contribution in [0, 0.1) is 0 Å². The first-order chi connectivity index (χ1) is 10.6. The molecule has 0 radical (unpaired) electrons. The molecule has 6 nitrogen and oxygen atoms in total. The first kappa shape index (κ1) is 18.5. The summed E-state index contributed by atoms with van der Waals surface area (Å²) in [6.07, 6.45) is 0.392. The van der Waals surface area contributed by atoms with E-state index in [1.807, 2.05) is 18.2 Å². The number of nitrogens with two attached hydrogens (primary N) is 1. The molecule has 1 amide bonds. The highest BCUT2D eigenvalue weighted by atomic mass is 32.2. The summed E-state index contributed by atoms with van der Waals surface area (Å²) in [4.78, 5) is 22.8. The lowest BCUT2D eigenvalue weighted by atomic mass is 10.2. The predicted molar refractivity (Wildman–Crippen MR) is 87.7 cm³/mol. The molecule has 0 spiro atoms. The molecule has 0 saturated carbocycles. The zero-order valence-electron chi connectivity index (χ0n) is 12.8. The number of carbonyl (C=O) groups is 2. The van der Waals surface area contributed by atoms with E-state index in [-0.39, 0.29) is 18.5 Å². The summed E-state index contributed by atoms with van der Waals surface area (Å²) >= 11 is 1.63. The molecule has 0 heterocycles. The van der Waals surface area contributed by atoms with E-state index < -0.39 is 6.04 Å². The number of esters is 1. The number of methoxy groups -OCH3 is 2. The molecular formula is C15H22N2O4S. The molecule has 0 fully saturated rings. The Labute approximate surface area is 134 Å². The first-order valence-corrected chi connectivity index (χ1v) is 8.01. The first-order valence-electron chi connectivity index (χ1n) is 6.85. The Kier molecular flexibility index (Phi) is 8.57. The SMILES string of the molecule is COCC(N)C(=O)Nc1cccc(CSCCC(=O)OC)c1. The minimum atomic E-state index is -0.692.